The average Bonchev–Trinajstić information content (AvgIpc) is 2.40. The summed E-state index contributed by atoms with van der Waals surface area (Å²) >= 11 is 3.36. The van der Waals surface area contributed by atoms with Gasteiger partial charge in [0.1, 0.15) is 17.8 Å². The summed E-state index contributed by atoms with van der Waals surface area (Å²) in [5.74, 6) is 0. The van der Waals surface area contributed by atoms with E-state index < -0.39 is 29.5 Å². The quantitative estimate of drug-likeness (QED) is 0.702. The van der Waals surface area contributed by atoms with Gasteiger partial charge in [-0.1, -0.05) is 28.1 Å². The van der Waals surface area contributed by atoms with Crippen molar-refractivity contribution in [2.24, 2.45) is 0 Å². The standard InChI is InChI=1S/C18H26BrNO5/c1-17(2,3)24-15(21)20-14(12-7-9-13(19)10-8-12)11-23-16(22)25-18(4,5)6/h7-10,14H,11H2,1-6H3,(H,20,21)/t14-/m0/s1. The molecule has 0 fully saturated rings. The van der Waals surface area contributed by atoms with Crippen LogP contribution in [-0.4, -0.2) is 30.1 Å². The van der Waals surface area contributed by atoms with Crippen molar-refractivity contribution in [1.29, 1.82) is 0 Å². The van der Waals surface area contributed by atoms with Gasteiger partial charge in [0.25, 0.3) is 0 Å². The smallest absolute Gasteiger partial charge is 0.444 e. The lowest BCUT2D eigenvalue weighted by Gasteiger charge is -2.24. The molecule has 0 aliphatic carbocycles. The molecule has 140 valence electrons. The zero-order valence-electron chi connectivity index (χ0n) is 15.5. The van der Waals surface area contributed by atoms with Gasteiger partial charge >= 0.3 is 12.2 Å². The zero-order chi connectivity index (χ0) is 19.3. The number of ether oxygens (including phenoxy) is 3. The molecule has 1 atom stereocenters. The second kappa shape index (κ2) is 8.56. The minimum Gasteiger partial charge on any atom is -0.444 e. The third kappa shape index (κ3) is 9.34. The number of halogens is 1. The summed E-state index contributed by atoms with van der Waals surface area (Å²) in [6.45, 7) is 10.5. The third-order valence-electron chi connectivity index (χ3n) is 2.72. The van der Waals surface area contributed by atoms with Gasteiger partial charge in [0.2, 0.25) is 0 Å². The van der Waals surface area contributed by atoms with Crippen LogP contribution in [0, 0.1) is 0 Å². The van der Waals surface area contributed by atoms with Crippen LogP contribution in [0.5, 0.6) is 0 Å². The van der Waals surface area contributed by atoms with E-state index in [0.717, 1.165) is 10.0 Å². The van der Waals surface area contributed by atoms with Gasteiger partial charge in [-0.3, -0.25) is 0 Å². The van der Waals surface area contributed by atoms with E-state index in [9.17, 15) is 9.59 Å². The van der Waals surface area contributed by atoms with Crippen LogP contribution in [0.4, 0.5) is 9.59 Å². The molecule has 0 radical (unpaired) electrons. The molecular formula is C18H26BrNO5. The first kappa shape index (κ1) is 21.3. The van der Waals surface area contributed by atoms with Gasteiger partial charge in [0, 0.05) is 4.47 Å². The van der Waals surface area contributed by atoms with E-state index in [4.69, 9.17) is 14.2 Å². The predicted molar refractivity (Wildman–Crippen MR) is 98.4 cm³/mol. The number of rotatable bonds is 4. The Balaban J connectivity index is 2.79. The summed E-state index contributed by atoms with van der Waals surface area (Å²) in [5.41, 5.74) is -0.499. The second-order valence-corrected chi connectivity index (χ2v) is 8.44. The van der Waals surface area contributed by atoms with Crippen LogP contribution < -0.4 is 5.32 Å². The van der Waals surface area contributed by atoms with E-state index in [2.05, 4.69) is 21.2 Å². The lowest BCUT2D eigenvalue weighted by molar-refractivity contribution is -0.0121. The number of carbonyl (C=O) groups excluding carboxylic acids is 2. The Morgan fingerprint density at radius 1 is 1.00 bits per heavy atom. The van der Waals surface area contributed by atoms with Gasteiger partial charge < -0.3 is 19.5 Å². The molecule has 0 saturated carbocycles. The third-order valence-corrected chi connectivity index (χ3v) is 3.25. The topological polar surface area (TPSA) is 73.9 Å². The molecule has 0 saturated heterocycles. The Morgan fingerprint density at radius 2 is 1.52 bits per heavy atom. The maximum absolute atomic E-state index is 12.1. The van der Waals surface area contributed by atoms with Crippen LogP contribution in [0.2, 0.25) is 0 Å². The first-order valence-electron chi connectivity index (χ1n) is 7.96. The molecule has 0 aliphatic rings. The van der Waals surface area contributed by atoms with Gasteiger partial charge in [-0.15, -0.1) is 0 Å². The van der Waals surface area contributed by atoms with Gasteiger partial charge in [-0.2, -0.15) is 0 Å². The molecule has 1 amide bonds. The van der Waals surface area contributed by atoms with Crippen LogP contribution in [0.1, 0.15) is 53.1 Å². The van der Waals surface area contributed by atoms with Crippen molar-refractivity contribution in [2.45, 2.75) is 58.8 Å². The number of benzene rings is 1. The number of hydrogen-bond acceptors (Lipinski definition) is 5. The van der Waals surface area contributed by atoms with Crippen molar-refractivity contribution in [3.05, 3.63) is 34.3 Å². The zero-order valence-corrected chi connectivity index (χ0v) is 17.1. The minimum atomic E-state index is -0.791. The first-order valence-corrected chi connectivity index (χ1v) is 8.76. The maximum atomic E-state index is 12.1. The van der Waals surface area contributed by atoms with Crippen LogP contribution in [-0.2, 0) is 14.2 Å². The lowest BCUT2D eigenvalue weighted by Crippen LogP contribution is -2.37. The van der Waals surface area contributed by atoms with Crippen LogP contribution >= 0.6 is 15.9 Å². The summed E-state index contributed by atoms with van der Waals surface area (Å²) in [5, 5.41) is 2.72. The molecule has 1 aromatic carbocycles. The number of amides is 1. The van der Waals surface area contributed by atoms with E-state index >= 15 is 0 Å². The molecule has 0 bridgehead atoms. The molecular weight excluding hydrogens is 390 g/mol. The molecule has 0 aromatic heterocycles. The fourth-order valence-electron chi connectivity index (χ4n) is 1.80. The highest BCUT2D eigenvalue weighted by atomic mass is 79.9. The van der Waals surface area contributed by atoms with Gasteiger partial charge in [0.05, 0.1) is 6.04 Å². The normalized spacial score (nSPS) is 12.9. The molecule has 0 unspecified atom stereocenters. The highest BCUT2D eigenvalue weighted by Gasteiger charge is 2.23. The van der Waals surface area contributed by atoms with E-state index in [-0.39, 0.29) is 6.61 Å². The van der Waals surface area contributed by atoms with E-state index in [1.165, 1.54) is 0 Å². The van der Waals surface area contributed by atoms with Crippen LogP contribution in [0.15, 0.2) is 28.7 Å². The predicted octanol–water partition coefficient (Wildman–Crippen LogP) is 4.97. The van der Waals surface area contributed by atoms with Crippen molar-refractivity contribution < 1.29 is 23.8 Å². The number of nitrogens with one attached hydrogen (secondary N) is 1. The maximum Gasteiger partial charge on any atom is 0.508 e. The Bertz CT molecular complexity index is 587. The molecule has 1 rings (SSSR count). The summed E-state index contributed by atoms with van der Waals surface area (Å²) in [6.07, 6.45) is -1.38. The average molecular weight is 416 g/mol. The Morgan fingerprint density at radius 3 is 2.00 bits per heavy atom. The highest BCUT2D eigenvalue weighted by molar-refractivity contribution is 9.10. The van der Waals surface area contributed by atoms with Gasteiger partial charge in [0.15, 0.2) is 0 Å². The highest BCUT2D eigenvalue weighted by Crippen LogP contribution is 2.19. The second-order valence-electron chi connectivity index (χ2n) is 7.53. The number of hydrogen-bond donors (Lipinski definition) is 1. The Labute approximate surface area is 157 Å². The van der Waals surface area contributed by atoms with Crippen molar-refractivity contribution in [3.8, 4) is 0 Å². The summed E-state index contributed by atoms with van der Waals surface area (Å²) in [6, 6.07) is 6.77. The first-order chi connectivity index (χ1) is 11.4. The van der Waals surface area contributed by atoms with Crippen molar-refractivity contribution in [3.63, 3.8) is 0 Å². The number of alkyl carbamates (subject to hydrolysis) is 1. The van der Waals surface area contributed by atoms with Gasteiger partial charge in [-0.25, -0.2) is 9.59 Å². The molecule has 0 aliphatic heterocycles. The van der Waals surface area contributed by atoms with E-state index in [0.29, 0.717) is 0 Å². The van der Waals surface area contributed by atoms with Gasteiger partial charge in [-0.05, 0) is 59.2 Å². The molecule has 0 spiro atoms. The molecule has 1 N–H and O–H groups in total. The molecule has 0 heterocycles. The van der Waals surface area contributed by atoms with Crippen molar-refractivity contribution in [1.82, 2.24) is 5.32 Å². The fourth-order valence-corrected chi connectivity index (χ4v) is 2.06. The van der Waals surface area contributed by atoms with Crippen molar-refractivity contribution >= 4 is 28.2 Å². The fraction of sp³-hybridized carbons (Fsp3) is 0.556. The molecule has 1 aromatic rings. The summed E-state index contributed by atoms with van der Waals surface area (Å²) in [4.78, 5) is 23.8. The van der Waals surface area contributed by atoms with Crippen LogP contribution in [0.3, 0.4) is 0 Å². The Kier molecular flexibility index (Phi) is 7.29. The summed E-state index contributed by atoms with van der Waals surface area (Å²) < 4.78 is 16.4. The SMILES string of the molecule is CC(C)(C)OC(=O)N[C@@H](COC(=O)OC(C)(C)C)c1ccc(Br)cc1. The molecule has 7 heteroatoms. The van der Waals surface area contributed by atoms with Crippen LogP contribution in [0.25, 0.3) is 0 Å². The number of carbonyl (C=O) groups is 2. The van der Waals surface area contributed by atoms with E-state index in [1.807, 2.05) is 24.3 Å². The molecule has 25 heavy (non-hydrogen) atoms. The largest absolute Gasteiger partial charge is 0.508 e. The Hall–Kier alpha value is -1.76. The lowest BCUT2D eigenvalue weighted by atomic mass is 10.1. The molecule has 6 nitrogen and oxygen atoms in total. The van der Waals surface area contributed by atoms with Crippen molar-refractivity contribution in [2.75, 3.05) is 6.61 Å². The monoisotopic (exact) mass is 415 g/mol. The summed E-state index contributed by atoms with van der Waals surface area (Å²) in [7, 11) is 0. The minimum absolute atomic E-state index is 0.0736. The van der Waals surface area contributed by atoms with E-state index in [1.54, 1.807) is 41.5 Å².